The quantitative estimate of drug-likeness (QED) is 0.776. The summed E-state index contributed by atoms with van der Waals surface area (Å²) in [6, 6.07) is 5.28. The van der Waals surface area contributed by atoms with Crippen molar-refractivity contribution in [3.63, 3.8) is 0 Å². The summed E-state index contributed by atoms with van der Waals surface area (Å²) in [6.07, 6.45) is 3.79. The number of carbonyl (C=O) groups is 1. The molecule has 1 aliphatic rings. The number of benzene rings is 1. The number of ketones is 1. The first-order chi connectivity index (χ1) is 12.4. The first kappa shape index (κ1) is 18.3. The molecule has 1 N–H and O–H groups in total. The average Bonchev–Trinajstić information content (AvgIpc) is 3.14. The molecule has 0 spiro atoms. The van der Waals surface area contributed by atoms with Gasteiger partial charge >= 0.3 is 0 Å². The Bertz CT molecular complexity index is 863. The van der Waals surface area contributed by atoms with Gasteiger partial charge in [0.25, 0.3) is 0 Å². The molecule has 0 saturated heterocycles. The third kappa shape index (κ3) is 3.53. The summed E-state index contributed by atoms with van der Waals surface area (Å²) in [5.74, 6) is 2.01. The van der Waals surface area contributed by atoms with Crippen LogP contribution in [-0.2, 0) is 6.54 Å². The van der Waals surface area contributed by atoms with Gasteiger partial charge in [0.1, 0.15) is 23.0 Å². The fourth-order valence-electron chi connectivity index (χ4n) is 3.17. The van der Waals surface area contributed by atoms with Crippen LogP contribution in [0.4, 0.5) is 0 Å². The Morgan fingerprint density at radius 3 is 2.69 bits per heavy atom. The number of fused-ring (bicyclic) bond motifs is 1. The van der Waals surface area contributed by atoms with Gasteiger partial charge in [0, 0.05) is 12.6 Å². The molecule has 1 aromatic carbocycles. The number of phenols is 1. The van der Waals surface area contributed by atoms with Crippen LogP contribution in [-0.4, -0.2) is 29.4 Å². The maximum atomic E-state index is 12.8. The molecule has 26 heavy (non-hydrogen) atoms. The molecule has 0 saturated carbocycles. The number of ether oxygens (including phenoxy) is 1. The summed E-state index contributed by atoms with van der Waals surface area (Å²) in [4.78, 5) is 14.9. The second-order valence-electron chi connectivity index (χ2n) is 6.87. The van der Waals surface area contributed by atoms with E-state index < -0.39 is 0 Å². The molecule has 0 amide bonds. The van der Waals surface area contributed by atoms with Crippen molar-refractivity contribution in [3.8, 4) is 11.5 Å². The molecule has 2 aromatic rings. The summed E-state index contributed by atoms with van der Waals surface area (Å²) in [5.41, 5.74) is 1.88. The lowest BCUT2D eigenvalue weighted by Gasteiger charge is -2.19. The fourth-order valence-corrected chi connectivity index (χ4v) is 3.17. The largest absolute Gasteiger partial charge is 0.507 e. The van der Waals surface area contributed by atoms with Crippen LogP contribution in [0.2, 0.25) is 0 Å². The number of nitrogens with zero attached hydrogens (tertiary/aromatic N) is 1. The lowest BCUT2D eigenvalue weighted by atomic mass is 9.99. The Hall–Kier alpha value is -2.53. The minimum absolute atomic E-state index is 0.160. The Morgan fingerprint density at radius 1 is 1.27 bits per heavy atom. The SMILES string of the molecule is CCCCN(C)Cc1c(O)cc(C)c2c1O/C(=C\c1ccc(C)o1)C2=O. The van der Waals surface area contributed by atoms with Crippen molar-refractivity contribution in [2.75, 3.05) is 13.6 Å². The molecule has 1 aliphatic heterocycles. The van der Waals surface area contributed by atoms with Crippen molar-refractivity contribution in [1.82, 2.24) is 4.90 Å². The number of hydrogen-bond donors (Lipinski definition) is 1. The fraction of sp³-hybridized carbons (Fsp3) is 0.381. The highest BCUT2D eigenvalue weighted by atomic mass is 16.5. The van der Waals surface area contributed by atoms with Crippen LogP contribution >= 0.6 is 0 Å². The first-order valence-electron chi connectivity index (χ1n) is 8.95. The third-order valence-corrected chi connectivity index (χ3v) is 4.58. The van der Waals surface area contributed by atoms with Crippen molar-refractivity contribution in [2.45, 2.75) is 40.2 Å². The maximum Gasteiger partial charge on any atom is 0.232 e. The van der Waals surface area contributed by atoms with Gasteiger partial charge in [-0.05, 0) is 57.6 Å². The van der Waals surface area contributed by atoms with Crippen molar-refractivity contribution >= 4 is 11.9 Å². The van der Waals surface area contributed by atoms with E-state index in [0.717, 1.165) is 25.1 Å². The number of allylic oxidation sites excluding steroid dienone is 1. The van der Waals surface area contributed by atoms with Gasteiger partial charge in [0.15, 0.2) is 5.76 Å². The Balaban J connectivity index is 1.95. The minimum atomic E-state index is -0.177. The Kier molecular flexibility index (Phi) is 5.18. The van der Waals surface area contributed by atoms with E-state index >= 15 is 0 Å². The van der Waals surface area contributed by atoms with Gasteiger partial charge < -0.3 is 19.2 Å². The van der Waals surface area contributed by atoms with Gasteiger partial charge in [-0.15, -0.1) is 0 Å². The number of rotatable bonds is 6. The smallest absolute Gasteiger partial charge is 0.232 e. The van der Waals surface area contributed by atoms with Gasteiger partial charge in [-0.1, -0.05) is 13.3 Å². The predicted molar refractivity (Wildman–Crippen MR) is 100 cm³/mol. The molecule has 0 fully saturated rings. The van der Waals surface area contributed by atoms with Crippen molar-refractivity contribution in [3.05, 3.63) is 52.2 Å². The van der Waals surface area contributed by atoms with Crippen molar-refractivity contribution in [1.29, 1.82) is 0 Å². The van der Waals surface area contributed by atoms with Gasteiger partial charge in [-0.2, -0.15) is 0 Å². The molecule has 1 aromatic heterocycles. The van der Waals surface area contributed by atoms with Gasteiger partial charge in [0.05, 0.1) is 11.1 Å². The van der Waals surface area contributed by atoms with E-state index in [0.29, 0.717) is 34.7 Å². The molecule has 5 nitrogen and oxygen atoms in total. The summed E-state index contributed by atoms with van der Waals surface area (Å²) >= 11 is 0. The van der Waals surface area contributed by atoms with Crippen LogP contribution in [0, 0.1) is 13.8 Å². The minimum Gasteiger partial charge on any atom is -0.507 e. The standard InChI is InChI=1S/C21H25NO4/c1-5-6-9-22(4)12-16-17(23)10-13(2)19-20(24)18(26-21(16)19)11-15-8-7-14(3)25-15/h7-8,10-11,23H,5-6,9,12H2,1-4H3/b18-11-. The topological polar surface area (TPSA) is 62.9 Å². The highest BCUT2D eigenvalue weighted by molar-refractivity contribution is 6.15. The summed E-state index contributed by atoms with van der Waals surface area (Å²) in [7, 11) is 2.00. The molecule has 0 atom stereocenters. The summed E-state index contributed by atoms with van der Waals surface area (Å²) in [6.45, 7) is 7.24. The molecule has 0 bridgehead atoms. The highest BCUT2D eigenvalue weighted by Gasteiger charge is 2.33. The van der Waals surface area contributed by atoms with Crippen LogP contribution in [0.25, 0.3) is 6.08 Å². The monoisotopic (exact) mass is 355 g/mol. The van der Waals surface area contributed by atoms with E-state index in [2.05, 4.69) is 11.8 Å². The van der Waals surface area contributed by atoms with Crippen molar-refractivity contribution in [2.24, 2.45) is 0 Å². The summed E-state index contributed by atoms with van der Waals surface area (Å²) < 4.78 is 11.4. The van der Waals surface area contributed by atoms with E-state index in [1.165, 1.54) is 0 Å². The second-order valence-corrected chi connectivity index (χ2v) is 6.87. The number of carbonyl (C=O) groups excluding carboxylic acids is 1. The van der Waals surface area contributed by atoms with Gasteiger partial charge in [0.2, 0.25) is 5.78 Å². The Morgan fingerprint density at radius 2 is 2.04 bits per heavy atom. The molecule has 0 radical (unpaired) electrons. The first-order valence-corrected chi connectivity index (χ1v) is 8.95. The Labute approximate surface area is 153 Å². The van der Waals surface area contributed by atoms with E-state index in [1.807, 2.05) is 27.0 Å². The van der Waals surface area contributed by atoms with Gasteiger partial charge in [-0.3, -0.25) is 4.79 Å². The van der Waals surface area contributed by atoms with E-state index in [-0.39, 0.29) is 17.3 Å². The molecular formula is C21H25NO4. The maximum absolute atomic E-state index is 12.8. The van der Waals surface area contributed by atoms with E-state index in [9.17, 15) is 9.90 Å². The molecule has 3 rings (SSSR count). The lowest BCUT2D eigenvalue weighted by molar-refractivity contribution is 0.101. The number of phenolic OH excluding ortho intramolecular Hbond substituents is 1. The van der Waals surface area contributed by atoms with Crippen LogP contribution in [0.5, 0.6) is 11.5 Å². The second kappa shape index (κ2) is 7.38. The van der Waals surface area contributed by atoms with E-state index in [1.54, 1.807) is 18.2 Å². The van der Waals surface area contributed by atoms with Crippen LogP contribution < -0.4 is 4.74 Å². The molecule has 0 unspecified atom stereocenters. The zero-order chi connectivity index (χ0) is 18.8. The molecule has 5 heteroatoms. The van der Waals surface area contributed by atoms with Gasteiger partial charge in [-0.25, -0.2) is 0 Å². The zero-order valence-corrected chi connectivity index (χ0v) is 15.8. The van der Waals surface area contributed by atoms with E-state index in [4.69, 9.17) is 9.15 Å². The average molecular weight is 355 g/mol. The predicted octanol–water partition coefficient (Wildman–Crippen LogP) is 4.45. The zero-order valence-electron chi connectivity index (χ0n) is 15.8. The third-order valence-electron chi connectivity index (χ3n) is 4.58. The summed E-state index contributed by atoms with van der Waals surface area (Å²) in [5, 5.41) is 10.4. The normalized spacial score (nSPS) is 15.0. The number of unbranched alkanes of at least 4 members (excludes halogenated alkanes) is 1. The molecule has 0 aliphatic carbocycles. The lowest BCUT2D eigenvalue weighted by Crippen LogP contribution is -2.19. The number of hydrogen-bond acceptors (Lipinski definition) is 5. The van der Waals surface area contributed by atoms with Crippen LogP contribution in [0.1, 0.15) is 52.8 Å². The van der Waals surface area contributed by atoms with Crippen molar-refractivity contribution < 1.29 is 19.1 Å². The number of furan rings is 1. The molecular weight excluding hydrogens is 330 g/mol. The van der Waals surface area contributed by atoms with Crippen LogP contribution in [0.3, 0.4) is 0 Å². The van der Waals surface area contributed by atoms with Crippen LogP contribution in [0.15, 0.2) is 28.4 Å². The number of Topliss-reactive ketones (excluding diaryl/α,β-unsaturated/α-hetero) is 1. The molecule has 2 heterocycles. The number of aromatic hydroxyl groups is 1. The highest BCUT2D eigenvalue weighted by Crippen LogP contribution is 2.42. The number of aryl methyl sites for hydroxylation is 2. The molecule has 138 valence electrons.